The molecule has 68 valence electrons. The highest BCUT2D eigenvalue weighted by Crippen LogP contribution is 1.46. The van der Waals surface area contributed by atoms with Gasteiger partial charge in [-0.3, -0.25) is 0 Å². The minimum Gasteiger partial charge on any atom is -0.353 e. The van der Waals surface area contributed by atoms with Gasteiger partial charge in [0.1, 0.15) is 26.2 Å². The molecule has 0 radical (unpaired) electrons. The Morgan fingerprint density at radius 1 is 1.18 bits per heavy atom. The van der Waals surface area contributed by atoms with Crippen molar-refractivity contribution in [2.75, 3.05) is 39.3 Å². The van der Waals surface area contributed by atoms with Gasteiger partial charge >= 0.3 is 0 Å². The molecule has 0 fully saturated rings. The lowest BCUT2D eigenvalue weighted by Crippen LogP contribution is -3.14. The smallest absolute Gasteiger partial charge is 0.127 e. The minimum absolute atomic E-state index is 1.05. The zero-order valence-corrected chi connectivity index (χ0v) is 8.03. The standard InChI is InChI=1S/C8H21N3/c1-3-11(4-2)8-7-10-6-5-9/h10H,3-9H2,1-2H3/p+3. The number of nitrogens with one attached hydrogen (secondary N) is 1. The van der Waals surface area contributed by atoms with E-state index in [0.717, 1.165) is 6.54 Å². The molecule has 0 unspecified atom stereocenters. The van der Waals surface area contributed by atoms with Gasteiger partial charge < -0.3 is 16.0 Å². The van der Waals surface area contributed by atoms with E-state index in [-0.39, 0.29) is 0 Å². The highest BCUT2D eigenvalue weighted by Gasteiger charge is 2.01. The quantitative estimate of drug-likeness (QED) is 0.329. The predicted molar refractivity (Wildman–Crippen MR) is 46.3 cm³/mol. The zero-order valence-electron chi connectivity index (χ0n) is 8.03. The summed E-state index contributed by atoms with van der Waals surface area (Å²) in [5.41, 5.74) is 3.80. The predicted octanol–water partition coefficient (Wildman–Crippen LogP) is -3.28. The first-order valence-electron chi connectivity index (χ1n) is 4.79. The van der Waals surface area contributed by atoms with Gasteiger partial charge in [-0.15, -0.1) is 0 Å². The van der Waals surface area contributed by atoms with Crippen LogP contribution in [0.1, 0.15) is 13.8 Å². The minimum atomic E-state index is 1.05. The molecular weight excluding hydrogens is 138 g/mol. The van der Waals surface area contributed by atoms with Gasteiger partial charge in [-0.25, -0.2) is 0 Å². The summed E-state index contributed by atoms with van der Waals surface area (Å²) in [6.07, 6.45) is 0. The van der Waals surface area contributed by atoms with Crippen molar-refractivity contribution in [3.63, 3.8) is 0 Å². The Morgan fingerprint density at radius 2 is 1.82 bits per heavy atom. The number of likely N-dealkylation sites (N-methyl/N-ethyl adjacent to an activating group) is 1. The Morgan fingerprint density at radius 3 is 2.27 bits per heavy atom. The van der Waals surface area contributed by atoms with E-state index in [1.165, 1.54) is 32.7 Å². The van der Waals surface area contributed by atoms with Crippen LogP contribution >= 0.6 is 0 Å². The average molecular weight is 162 g/mol. The normalized spacial score (nSPS) is 10.9. The van der Waals surface area contributed by atoms with Crippen LogP contribution in [0.15, 0.2) is 0 Å². The summed E-state index contributed by atoms with van der Waals surface area (Å²) in [6, 6.07) is 0. The highest BCUT2D eigenvalue weighted by atomic mass is 15.1. The Balaban J connectivity index is 3.07. The van der Waals surface area contributed by atoms with Crippen molar-refractivity contribution in [1.82, 2.24) is 0 Å². The van der Waals surface area contributed by atoms with E-state index in [0.29, 0.717) is 0 Å². The van der Waals surface area contributed by atoms with Crippen molar-refractivity contribution >= 4 is 0 Å². The molecule has 0 bridgehead atoms. The lowest BCUT2D eigenvalue weighted by Gasteiger charge is -2.13. The average Bonchev–Trinajstić information content (AvgIpc) is 2.05. The summed E-state index contributed by atoms with van der Waals surface area (Å²) in [7, 11) is 0. The van der Waals surface area contributed by atoms with Crippen LogP contribution in [0, 0.1) is 0 Å². The van der Waals surface area contributed by atoms with Gasteiger partial charge in [-0.05, 0) is 13.8 Å². The van der Waals surface area contributed by atoms with E-state index in [1.807, 2.05) is 0 Å². The topological polar surface area (TPSA) is 48.7 Å². The van der Waals surface area contributed by atoms with Crippen molar-refractivity contribution in [3.8, 4) is 0 Å². The lowest BCUT2D eigenvalue weighted by atomic mass is 10.4. The molecule has 0 atom stereocenters. The van der Waals surface area contributed by atoms with Gasteiger partial charge in [0.05, 0.1) is 13.1 Å². The number of rotatable bonds is 7. The number of quaternary nitrogens is 3. The Kier molecular flexibility index (Phi) is 7.89. The first kappa shape index (κ1) is 10.9. The second-order valence-electron chi connectivity index (χ2n) is 2.93. The van der Waals surface area contributed by atoms with E-state index < -0.39 is 0 Å². The molecule has 6 N–H and O–H groups in total. The van der Waals surface area contributed by atoms with Crippen LogP contribution in [-0.2, 0) is 0 Å². The fourth-order valence-electron chi connectivity index (χ4n) is 1.20. The summed E-state index contributed by atoms with van der Waals surface area (Å²) in [5.74, 6) is 0. The number of nitrogens with two attached hydrogens (primary N) is 1. The molecule has 3 nitrogen and oxygen atoms in total. The maximum atomic E-state index is 3.80. The Hall–Kier alpha value is -0.120. The van der Waals surface area contributed by atoms with Crippen molar-refractivity contribution in [3.05, 3.63) is 0 Å². The van der Waals surface area contributed by atoms with E-state index in [4.69, 9.17) is 0 Å². The van der Waals surface area contributed by atoms with Gasteiger partial charge in [0.2, 0.25) is 0 Å². The molecule has 0 aromatic rings. The maximum Gasteiger partial charge on any atom is 0.127 e. The molecule has 0 heterocycles. The fraction of sp³-hybridized carbons (Fsp3) is 1.00. The first-order chi connectivity index (χ1) is 5.35. The van der Waals surface area contributed by atoms with Crippen LogP contribution in [0.2, 0.25) is 0 Å². The highest BCUT2D eigenvalue weighted by molar-refractivity contribution is 4.21. The molecule has 0 saturated heterocycles. The Labute approximate surface area is 69.9 Å². The van der Waals surface area contributed by atoms with Gasteiger partial charge in [0.15, 0.2) is 0 Å². The van der Waals surface area contributed by atoms with Crippen LogP contribution in [0.5, 0.6) is 0 Å². The maximum absolute atomic E-state index is 3.80. The van der Waals surface area contributed by atoms with E-state index in [9.17, 15) is 0 Å². The molecule has 0 amide bonds. The molecule has 0 rings (SSSR count). The van der Waals surface area contributed by atoms with Gasteiger partial charge in [-0.2, -0.15) is 0 Å². The molecule has 11 heavy (non-hydrogen) atoms. The zero-order chi connectivity index (χ0) is 8.53. The van der Waals surface area contributed by atoms with Crippen molar-refractivity contribution < 1.29 is 16.0 Å². The second-order valence-corrected chi connectivity index (χ2v) is 2.93. The summed E-state index contributed by atoms with van der Waals surface area (Å²) in [5, 5.41) is 2.36. The summed E-state index contributed by atoms with van der Waals surface area (Å²) >= 11 is 0. The molecule has 0 aromatic heterocycles. The third kappa shape index (κ3) is 6.28. The molecule has 0 aliphatic carbocycles. The van der Waals surface area contributed by atoms with Crippen molar-refractivity contribution in [1.29, 1.82) is 0 Å². The van der Waals surface area contributed by atoms with Gasteiger partial charge in [0.25, 0.3) is 0 Å². The summed E-state index contributed by atoms with van der Waals surface area (Å²) in [4.78, 5) is 1.70. The first-order valence-corrected chi connectivity index (χ1v) is 4.79. The van der Waals surface area contributed by atoms with Crippen molar-refractivity contribution in [2.24, 2.45) is 0 Å². The van der Waals surface area contributed by atoms with Gasteiger partial charge in [0, 0.05) is 0 Å². The van der Waals surface area contributed by atoms with Crippen LogP contribution in [0.25, 0.3) is 0 Å². The SMILES string of the molecule is CC[NH+](CC)CC[NH2+]CC[NH3+]. The largest absolute Gasteiger partial charge is 0.353 e. The monoisotopic (exact) mass is 162 g/mol. The van der Waals surface area contributed by atoms with E-state index >= 15 is 0 Å². The van der Waals surface area contributed by atoms with E-state index in [1.54, 1.807) is 4.90 Å². The third-order valence-corrected chi connectivity index (χ3v) is 2.11. The molecule has 0 aliphatic heterocycles. The lowest BCUT2D eigenvalue weighted by molar-refractivity contribution is -0.909. The Bertz CT molecular complexity index is 71.7. The van der Waals surface area contributed by atoms with Gasteiger partial charge in [-0.1, -0.05) is 0 Å². The molecule has 0 spiro atoms. The van der Waals surface area contributed by atoms with Crippen LogP contribution in [0.4, 0.5) is 0 Å². The third-order valence-electron chi connectivity index (χ3n) is 2.11. The van der Waals surface area contributed by atoms with Crippen molar-refractivity contribution in [2.45, 2.75) is 13.8 Å². The second kappa shape index (κ2) is 7.98. The number of hydrogen-bond acceptors (Lipinski definition) is 0. The fourth-order valence-corrected chi connectivity index (χ4v) is 1.20. The van der Waals surface area contributed by atoms with Crippen LogP contribution < -0.4 is 16.0 Å². The molecule has 3 heteroatoms. The van der Waals surface area contributed by atoms with Crippen LogP contribution in [0.3, 0.4) is 0 Å². The van der Waals surface area contributed by atoms with E-state index in [2.05, 4.69) is 24.9 Å². The molecular formula is C8H24N3+3. The summed E-state index contributed by atoms with van der Waals surface area (Å²) in [6.45, 7) is 11.8. The summed E-state index contributed by atoms with van der Waals surface area (Å²) < 4.78 is 0. The molecule has 0 aliphatic rings. The molecule has 0 aromatic carbocycles. The van der Waals surface area contributed by atoms with Crippen LogP contribution in [-0.4, -0.2) is 39.3 Å². The number of hydrogen-bond donors (Lipinski definition) is 3. The molecule has 0 saturated carbocycles.